The van der Waals surface area contributed by atoms with Crippen LogP contribution in [0, 0.1) is 5.82 Å². The molecule has 120 valence electrons. The molecule has 0 amide bonds. The maximum Gasteiger partial charge on any atom is 0.363 e. The van der Waals surface area contributed by atoms with Gasteiger partial charge in [-0.05, 0) is 35.9 Å². The molecule has 0 fully saturated rings. The van der Waals surface area contributed by atoms with E-state index >= 15 is 0 Å². The van der Waals surface area contributed by atoms with Crippen LogP contribution in [-0.4, -0.2) is 25.1 Å². The lowest BCUT2D eigenvalue weighted by Gasteiger charge is -2.18. The number of hydrogen-bond acceptors (Lipinski definition) is 5. The zero-order chi connectivity index (χ0) is 16.5. The first-order valence-corrected chi connectivity index (χ1v) is 7.38. The van der Waals surface area contributed by atoms with E-state index in [1.54, 1.807) is 36.4 Å². The average Bonchev–Trinajstić information content (AvgIpc) is 2.96. The lowest BCUT2D eigenvalue weighted by atomic mass is 10.1. The van der Waals surface area contributed by atoms with Gasteiger partial charge in [0.2, 0.25) is 5.90 Å². The van der Waals surface area contributed by atoms with E-state index in [1.165, 1.54) is 12.1 Å². The van der Waals surface area contributed by atoms with Crippen molar-refractivity contribution in [1.29, 1.82) is 0 Å². The summed E-state index contributed by atoms with van der Waals surface area (Å²) in [5.74, 6) is 0.114. The quantitative estimate of drug-likeness (QED) is 0.629. The SMILES string of the molecule is O=C1OC(c2ccccc2F)=NC1=Cc1ccc2c(c1)OCCO2. The largest absolute Gasteiger partial charge is 0.486 e. The summed E-state index contributed by atoms with van der Waals surface area (Å²) in [4.78, 5) is 16.1. The van der Waals surface area contributed by atoms with Crippen LogP contribution >= 0.6 is 0 Å². The fraction of sp³-hybridized carbons (Fsp3) is 0.111. The van der Waals surface area contributed by atoms with Gasteiger partial charge in [-0.15, -0.1) is 0 Å². The minimum Gasteiger partial charge on any atom is -0.486 e. The van der Waals surface area contributed by atoms with E-state index in [4.69, 9.17) is 14.2 Å². The third-order valence-corrected chi connectivity index (χ3v) is 3.59. The van der Waals surface area contributed by atoms with E-state index < -0.39 is 11.8 Å². The molecule has 0 unspecified atom stereocenters. The van der Waals surface area contributed by atoms with Gasteiger partial charge in [-0.25, -0.2) is 14.2 Å². The number of esters is 1. The second-order valence-electron chi connectivity index (χ2n) is 5.22. The third kappa shape index (κ3) is 2.62. The number of halogens is 1. The summed E-state index contributed by atoms with van der Waals surface area (Å²) >= 11 is 0. The van der Waals surface area contributed by atoms with E-state index in [2.05, 4.69) is 4.99 Å². The summed E-state index contributed by atoms with van der Waals surface area (Å²) in [6, 6.07) is 11.3. The van der Waals surface area contributed by atoms with E-state index in [0.717, 1.165) is 0 Å². The van der Waals surface area contributed by atoms with Gasteiger partial charge in [0.15, 0.2) is 17.2 Å². The molecule has 2 heterocycles. The van der Waals surface area contributed by atoms with Crippen LogP contribution in [0.25, 0.3) is 6.08 Å². The van der Waals surface area contributed by atoms with Crippen molar-refractivity contribution in [2.24, 2.45) is 4.99 Å². The highest BCUT2D eigenvalue weighted by atomic mass is 19.1. The fourth-order valence-corrected chi connectivity index (χ4v) is 2.47. The Balaban J connectivity index is 1.67. The Bertz CT molecular complexity index is 888. The van der Waals surface area contributed by atoms with Crippen LogP contribution in [0.15, 0.2) is 53.2 Å². The predicted octanol–water partition coefficient (Wildman–Crippen LogP) is 2.94. The molecule has 2 aromatic rings. The standard InChI is InChI=1S/C18H12FNO4/c19-13-4-2-1-3-12(13)17-20-14(18(21)24-17)9-11-5-6-15-16(10-11)23-8-7-22-15/h1-6,9-10H,7-8H2. The number of carbonyl (C=O) groups excluding carboxylic acids is 1. The molecule has 24 heavy (non-hydrogen) atoms. The molecule has 0 saturated carbocycles. The molecule has 2 aromatic carbocycles. The summed E-state index contributed by atoms with van der Waals surface area (Å²) in [6.07, 6.45) is 1.56. The number of fused-ring (bicyclic) bond motifs is 1. The highest BCUT2D eigenvalue weighted by Gasteiger charge is 2.26. The molecule has 6 heteroatoms. The molecule has 0 aliphatic carbocycles. The Morgan fingerprint density at radius 3 is 2.67 bits per heavy atom. The maximum atomic E-state index is 13.8. The van der Waals surface area contributed by atoms with Gasteiger partial charge in [-0.1, -0.05) is 18.2 Å². The van der Waals surface area contributed by atoms with Gasteiger partial charge in [0, 0.05) is 0 Å². The molecule has 2 aliphatic heterocycles. The molecular formula is C18H12FNO4. The normalized spacial score (nSPS) is 17.6. The van der Waals surface area contributed by atoms with Crippen molar-refractivity contribution < 1.29 is 23.4 Å². The zero-order valence-electron chi connectivity index (χ0n) is 12.5. The number of benzene rings is 2. The number of nitrogens with zero attached hydrogens (tertiary/aromatic N) is 1. The van der Waals surface area contributed by atoms with Gasteiger partial charge in [0.1, 0.15) is 19.0 Å². The van der Waals surface area contributed by atoms with Crippen molar-refractivity contribution in [3.63, 3.8) is 0 Å². The van der Waals surface area contributed by atoms with E-state index in [0.29, 0.717) is 30.3 Å². The van der Waals surface area contributed by atoms with Gasteiger partial charge in [-0.2, -0.15) is 0 Å². The van der Waals surface area contributed by atoms with Gasteiger partial charge < -0.3 is 14.2 Å². The number of carbonyl (C=O) groups is 1. The molecule has 0 radical (unpaired) electrons. The summed E-state index contributed by atoms with van der Waals surface area (Å²) in [5.41, 5.74) is 0.964. The second-order valence-corrected chi connectivity index (χ2v) is 5.22. The Labute approximate surface area is 137 Å². The third-order valence-electron chi connectivity index (χ3n) is 3.59. The minimum atomic E-state index is -0.622. The monoisotopic (exact) mass is 325 g/mol. The van der Waals surface area contributed by atoms with Crippen LogP contribution in [0.3, 0.4) is 0 Å². The van der Waals surface area contributed by atoms with Crippen LogP contribution in [0.5, 0.6) is 11.5 Å². The highest BCUT2D eigenvalue weighted by Crippen LogP contribution is 2.32. The molecule has 0 saturated heterocycles. The first-order chi connectivity index (χ1) is 11.7. The van der Waals surface area contributed by atoms with Crippen LogP contribution in [0.4, 0.5) is 4.39 Å². The maximum absolute atomic E-state index is 13.8. The second kappa shape index (κ2) is 5.81. The lowest BCUT2D eigenvalue weighted by Crippen LogP contribution is -2.15. The van der Waals surface area contributed by atoms with Crippen molar-refractivity contribution in [3.05, 3.63) is 65.1 Å². The first-order valence-electron chi connectivity index (χ1n) is 7.38. The topological polar surface area (TPSA) is 57.1 Å². The van der Waals surface area contributed by atoms with Gasteiger partial charge in [-0.3, -0.25) is 0 Å². The first kappa shape index (κ1) is 14.4. The Morgan fingerprint density at radius 2 is 1.83 bits per heavy atom. The summed E-state index contributed by atoms with van der Waals surface area (Å²) in [7, 11) is 0. The average molecular weight is 325 g/mol. The summed E-state index contributed by atoms with van der Waals surface area (Å²) < 4.78 is 29.8. The Hall–Kier alpha value is -3.15. The molecule has 0 spiro atoms. The molecule has 0 atom stereocenters. The van der Waals surface area contributed by atoms with Crippen molar-refractivity contribution in [1.82, 2.24) is 0 Å². The molecule has 0 N–H and O–H groups in total. The van der Waals surface area contributed by atoms with Gasteiger partial charge >= 0.3 is 5.97 Å². The number of rotatable bonds is 2. The van der Waals surface area contributed by atoms with Crippen LogP contribution in [-0.2, 0) is 9.53 Å². The van der Waals surface area contributed by atoms with E-state index in [1.807, 2.05) is 0 Å². The van der Waals surface area contributed by atoms with Crippen molar-refractivity contribution >= 4 is 17.9 Å². The van der Waals surface area contributed by atoms with Crippen LogP contribution in [0.2, 0.25) is 0 Å². The summed E-state index contributed by atoms with van der Waals surface area (Å²) in [5, 5.41) is 0. The van der Waals surface area contributed by atoms with Crippen molar-refractivity contribution in [2.45, 2.75) is 0 Å². The molecule has 0 aromatic heterocycles. The smallest absolute Gasteiger partial charge is 0.363 e. The Kier molecular flexibility index (Phi) is 3.49. The summed E-state index contributed by atoms with van der Waals surface area (Å²) in [6.45, 7) is 0.987. The van der Waals surface area contributed by atoms with E-state index in [9.17, 15) is 9.18 Å². The van der Waals surface area contributed by atoms with E-state index in [-0.39, 0.29) is 17.2 Å². The van der Waals surface area contributed by atoms with Crippen LogP contribution < -0.4 is 9.47 Å². The fourth-order valence-electron chi connectivity index (χ4n) is 2.47. The Morgan fingerprint density at radius 1 is 1.04 bits per heavy atom. The highest BCUT2D eigenvalue weighted by molar-refractivity contribution is 6.12. The van der Waals surface area contributed by atoms with Gasteiger partial charge in [0.05, 0.1) is 5.56 Å². The molecular weight excluding hydrogens is 313 g/mol. The minimum absolute atomic E-state index is 0.0399. The lowest BCUT2D eigenvalue weighted by molar-refractivity contribution is -0.129. The molecule has 4 rings (SSSR count). The number of aliphatic imine (C=N–C) groups is 1. The molecule has 0 bridgehead atoms. The van der Waals surface area contributed by atoms with Crippen molar-refractivity contribution in [3.8, 4) is 11.5 Å². The zero-order valence-corrected chi connectivity index (χ0v) is 12.5. The number of cyclic esters (lactones) is 1. The van der Waals surface area contributed by atoms with Crippen LogP contribution in [0.1, 0.15) is 11.1 Å². The molecule has 2 aliphatic rings. The number of ether oxygens (including phenoxy) is 3. The molecule has 5 nitrogen and oxygen atoms in total. The van der Waals surface area contributed by atoms with Crippen molar-refractivity contribution in [2.75, 3.05) is 13.2 Å². The van der Waals surface area contributed by atoms with Gasteiger partial charge in [0.25, 0.3) is 0 Å². The number of hydrogen-bond donors (Lipinski definition) is 0. The predicted molar refractivity (Wildman–Crippen MR) is 84.4 cm³/mol.